The van der Waals surface area contributed by atoms with Gasteiger partial charge in [-0.3, -0.25) is 4.79 Å². The molecule has 3 nitrogen and oxygen atoms in total. The third-order valence-corrected chi connectivity index (χ3v) is 7.42. The van der Waals surface area contributed by atoms with Crippen LogP contribution in [0.2, 0.25) is 15.2 Å². The molecule has 0 radical (unpaired) electrons. The van der Waals surface area contributed by atoms with Crippen LogP contribution in [0, 0.1) is 5.41 Å². The molecule has 0 bridgehead atoms. The van der Waals surface area contributed by atoms with Gasteiger partial charge in [-0.15, -0.1) is 0 Å². The molecule has 1 aliphatic rings. The molecule has 1 heterocycles. The normalized spacial score (nSPS) is 16.4. The van der Waals surface area contributed by atoms with E-state index in [2.05, 4.69) is 46.5 Å². The van der Waals surface area contributed by atoms with Gasteiger partial charge >= 0.3 is 0 Å². The van der Waals surface area contributed by atoms with Gasteiger partial charge in [0.25, 0.3) is 0 Å². The van der Waals surface area contributed by atoms with Crippen molar-refractivity contribution in [3.8, 4) is 5.75 Å². The number of halogens is 3. The molecule has 1 aromatic heterocycles. The van der Waals surface area contributed by atoms with E-state index >= 15 is 0 Å². The van der Waals surface area contributed by atoms with Crippen molar-refractivity contribution in [2.24, 2.45) is 5.41 Å². The Morgan fingerprint density at radius 3 is 1.83 bits per heavy atom. The lowest BCUT2D eigenvalue weighted by Gasteiger charge is -2.41. The maximum absolute atomic E-state index is 13.5. The van der Waals surface area contributed by atoms with Gasteiger partial charge in [-0.25, -0.2) is 0 Å². The fourth-order valence-electron chi connectivity index (χ4n) is 4.27. The van der Waals surface area contributed by atoms with Crippen LogP contribution in [-0.4, -0.2) is 15.9 Å². The molecular formula is C24H30Cl3NO2. The summed E-state index contributed by atoms with van der Waals surface area (Å²) < 4.78 is 0. The number of Topliss-reactive ketones (excluding diaryl/α,β-unsaturated/α-hetero) is 1. The van der Waals surface area contributed by atoms with Crippen LogP contribution in [0.25, 0.3) is 0 Å². The van der Waals surface area contributed by atoms with Crippen LogP contribution < -0.4 is 0 Å². The predicted molar refractivity (Wildman–Crippen MR) is 126 cm³/mol. The van der Waals surface area contributed by atoms with Gasteiger partial charge < -0.3 is 10.1 Å². The zero-order valence-corrected chi connectivity index (χ0v) is 20.7. The second-order valence-electron chi connectivity index (χ2n) is 10.6. The first-order valence-electron chi connectivity index (χ1n) is 10.3. The van der Waals surface area contributed by atoms with Crippen molar-refractivity contribution >= 4 is 40.6 Å². The highest BCUT2D eigenvalue weighted by atomic mass is 35.5. The molecule has 0 unspecified atom stereocenters. The molecule has 0 spiro atoms. The number of aromatic amines is 1. The van der Waals surface area contributed by atoms with Crippen molar-refractivity contribution < 1.29 is 9.90 Å². The molecule has 0 atom stereocenters. The minimum absolute atomic E-state index is 0.0461. The first-order valence-corrected chi connectivity index (χ1v) is 11.4. The molecule has 30 heavy (non-hydrogen) atoms. The zero-order chi connectivity index (χ0) is 22.6. The van der Waals surface area contributed by atoms with E-state index in [0.717, 1.165) is 36.0 Å². The summed E-state index contributed by atoms with van der Waals surface area (Å²) in [6.07, 6.45) is 3.14. The van der Waals surface area contributed by atoms with Gasteiger partial charge in [0.15, 0.2) is 5.78 Å². The van der Waals surface area contributed by atoms with Crippen molar-refractivity contribution in [2.75, 3.05) is 0 Å². The van der Waals surface area contributed by atoms with E-state index in [-0.39, 0.29) is 37.5 Å². The maximum atomic E-state index is 13.5. The molecule has 2 N–H and O–H groups in total. The van der Waals surface area contributed by atoms with Crippen LogP contribution in [-0.2, 0) is 17.3 Å². The smallest absolute Gasteiger partial charge is 0.187 e. The summed E-state index contributed by atoms with van der Waals surface area (Å²) in [7, 11) is 0. The fourth-order valence-corrected chi connectivity index (χ4v) is 4.87. The summed E-state index contributed by atoms with van der Waals surface area (Å²) in [4.78, 5) is 16.4. The lowest BCUT2D eigenvalue weighted by Crippen LogP contribution is -2.40. The van der Waals surface area contributed by atoms with Gasteiger partial charge in [-0.2, -0.15) is 0 Å². The topological polar surface area (TPSA) is 53.1 Å². The molecule has 0 saturated heterocycles. The molecule has 1 aliphatic carbocycles. The molecule has 164 valence electrons. The number of phenols is 1. The lowest BCUT2D eigenvalue weighted by atomic mass is 9.61. The summed E-state index contributed by atoms with van der Waals surface area (Å²) in [6.45, 7) is 12.5. The number of H-pyrrole nitrogens is 1. The highest BCUT2D eigenvalue weighted by Crippen LogP contribution is 2.49. The number of ketones is 1. The molecule has 2 aromatic rings. The number of aromatic hydroxyl groups is 1. The van der Waals surface area contributed by atoms with E-state index in [1.54, 1.807) is 0 Å². The first kappa shape index (κ1) is 23.5. The fraction of sp³-hybridized carbons (Fsp3) is 0.542. The molecule has 0 aliphatic heterocycles. The summed E-state index contributed by atoms with van der Waals surface area (Å²) in [6, 6.07) is 4.10. The number of hydrogen-bond acceptors (Lipinski definition) is 2. The number of phenolic OH excluding ortho intramolecular Hbond substituents is 1. The Bertz CT molecular complexity index is 954. The van der Waals surface area contributed by atoms with E-state index < -0.39 is 5.41 Å². The zero-order valence-electron chi connectivity index (χ0n) is 18.5. The average molecular weight is 471 g/mol. The van der Waals surface area contributed by atoms with Crippen LogP contribution in [0.4, 0.5) is 0 Å². The minimum atomic E-state index is -0.539. The van der Waals surface area contributed by atoms with E-state index in [9.17, 15) is 9.90 Å². The van der Waals surface area contributed by atoms with Gasteiger partial charge in [-0.1, -0.05) is 94.9 Å². The van der Waals surface area contributed by atoms with Crippen LogP contribution in [0.3, 0.4) is 0 Å². The third-order valence-electron chi connectivity index (χ3n) is 6.19. The van der Waals surface area contributed by atoms with Crippen LogP contribution in [0.1, 0.15) is 88.0 Å². The van der Waals surface area contributed by atoms with Crippen molar-refractivity contribution in [3.63, 3.8) is 0 Å². The molecule has 1 fully saturated rings. The largest absolute Gasteiger partial charge is 0.507 e. The van der Waals surface area contributed by atoms with Gasteiger partial charge in [-0.05, 0) is 46.8 Å². The highest BCUT2D eigenvalue weighted by Gasteiger charge is 2.46. The molecule has 6 heteroatoms. The standard InChI is InChI=1S/C24H30Cl3NO2/c1-22(2,3)14-10-13(11-15(19(14)29)23(4,5)6)12-24(8-7-9-24)20(30)18-16(25)17(26)21(27)28-18/h10-11,28-29H,7-9,12H2,1-6H3. The SMILES string of the molecule is CC(C)(C)c1cc(CC2(C(=O)c3[nH]c(Cl)c(Cl)c3Cl)CCC2)cc(C(C)(C)C)c1O. The van der Waals surface area contributed by atoms with Crippen molar-refractivity contribution in [2.45, 2.75) is 78.1 Å². The second-order valence-corrected chi connectivity index (χ2v) is 11.8. The number of aromatic nitrogens is 1. The molecule has 1 saturated carbocycles. The molecule has 1 aromatic carbocycles. The quantitative estimate of drug-likeness (QED) is 0.447. The summed E-state index contributed by atoms with van der Waals surface area (Å²) in [5, 5.41) is 11.6. The number of benzene rings is 1. The monoisotopic (exact) mass is 469 g/mol. The van der Waals surface area contributed by atoms with E-state index in [0.29, 0.717) is 12.2 Å². The third kappa shape index (κ3) is 4.13. The Hall–Kier alpha value is -1.16. The summed E-state index contributed by atoms with van der Waals surface area (Å²) in [5.74, 6) is 0.300. The average Bonchev–Trinajstić information content (AvgIpc) is 2.84. The predicted octanol–water partition coefficient (Wildman–Crippen LogP) is 7.87. The van der Waals surface area contributed by atoms with Crippen LogP contribution >= 0.6 is 34.8 Å². The Kier molecular flexibility index (Phi) is 6.08. The Morgan fingerprint density at radius 1 is 1.00 bits per heavy atom. The van der Waals surface area contributed by atoms with Crippen molar-refractivity contribution in [1.82, 2.24) is 4.98 Å². The summed E-state index contributed by atoms with van der Waals surface area (Å²) in [5.41, 5.74) is 2.16. The number of carbonyl (C=O) groups excluding carboxylic acids is 1. The summed E-state index contributed by atoms with van der Waals surface area (Å²) >= 11 is 18.4. The molecule has 0 amide bonds. The number of carbonyl (C=O) groups is 1. The van der Waals surface area contributed by atoms with Crippen LogP contribution in [0.5, 0.6) is 5.75 Å². The Balaban J connectivity index is 2.07. The number of hydrogen-bond donors (Lipinski definition) is 2. The highest BCUT2D eigenvalue weighted by molar-refractivity contribution is 6.49. The number of nitrogens with one attached hydrogen (secondary N) is 1. The molecular weight excluding hydrogens is 441 g/mol. The maximum Gasteiger partial charge on any atom is 0.187 e. The lowest BCUT2D eigenvalue weighted by molar-refractivity contribution is 0.0604. The van der Waals surface area contributed by atoms with E-state index in [1.807, 2.05) is 12.1 Å². The Morgan fingerprint density at radius 2 is 1.50 bits per heavy atom. The molecule has 3 rings (SSSR count). The number of rotatable bonds is 4. The van der Waals surface area contributed by atoms with Crippen molar-refractivity contribution in [1.29, 1.82) is 0 Å². The van der Waals surface area contributed by atoms with E-state index in [1.165, 1.54) is 0 Å². The van der Waals surface area contributed by atoms with Gasteiger partial charge in [0, 0.05) is 5.41 Å². The Labute approximate surface area is 194 Å². The first-order chi connectivity index (χ1) is 13.7. The van der Waals surface area contributed by atoms with Gasteiger partial charge in [0.05, 0.1) is 10.0 Å². The van der Waals surface area contributed by atoms with Gasteiger partial charge in [0.2, 0.25) is 0 Å². The minimum Gasteiger partial charge on any atom is -0.507 e. The van der Waals surface area contributed by atoms with Gasteiger partial charge in [0.1, 0.15) is 16.6 Å². The van der Waals surface area contributed by atoms with Crippen LogP contribution in [0.15, 0.2) is 12.1 Å². The van der Waals surface area contributed by atoms with Crippen molar-refractivity contribution in [3.05, 3.63) is 49.7 Å². The second kappa shape index (κ2) is 7.76. The van der Waals surface area contributed by atoms with E-state index in [4.69, 9.17) is 34.8 Å².